The molecule has 0 saturated carbocycles. The lowest BCUT2D eigenvalue weighted by Gasteiger charge is -2.29. The molecule has 0 radical (unpaired) electrons. The number of halogens is 1. The third-order valence-electron chi connectivity index (χ3n) is 4.73. The van der Waals surface area contributed by atoms with Crippen LogP contribution < -0.4 is 14.4 Å². The predicted molar refractivity (Wildman–Crippen MR) is 121 cm³/mol. The highest BCUT2D eigenvalue weighted by molar-refractivity contribution is 7.91. The van der Waals surface area contributed by atoms with Crippen molar-refractivity contribution < 1.29 is 17.9 Å². The number of hydrogen-bond donors (Lipinski definition) is 1. The van der Waals surface area contributed by atoms with Crippen LogP contribution in [0.5, 0.6) is 5.75 Å². The lowest BCUT2D eigenvalue weighted by Crippen LogP contribution is -2.43. The smallest absolute Gasteiger partial charge is 0.236 e. The second-order valence-corrected chi connectivity index (χ2v) is 10.8. The van der Waals surface area contributed by atoms with Gasteiger partial charge in [-0.1, -0.05) is 37.6 Å². The Morgan fingerprint density at radius 1 is 1.20 bits per heavy atom. The maximum Gasteiger partial charge on any atom is 0.236 e. The Labute approximate surface area is 183 Å². The number of nitrogens with one attached hydrogen (secondary N) is 1. The Balaban J connectivity index is 1.91. The molecule has 0 spiro atoms. The molecule has 162 valence electrons. The largest absolute Gasteiger partial charge is 0.490 e. The Bertz CT molecular complexity index is 1050. The quantitative estimate of drug-likeness (QED) is 0.692. The molecule has 6 nitrogen and oxygen atoms in total. The minimum atomic E-state index is -3.67. The predicted octanol–water partition coefficient (Wildman–Crippen LogP) is 4.69. The minimum absolute atomic E-state index is 0.0473. The van der Waals surface area contributed by atoms with Crippen LogP contribution in [-0.2, 0) is 20.6 Å². The normalized spacial score (nSPS) is 16.1. The van der Waals surface area contributed by atoms with Crippen LogP contribution in [0.3, 0.4) is 0 Å². The van der Waals surface area contributed by atoms with E-state index in [2.05, 4.69) is 4.72 Å². The summed E-state index contributed by atoms with van der Waals surface area (Å²) in [7, 11) is -3.67. The maximum atomic E-state index is 13.1. The van der Waals surface area contributed by atoms with Crippen LogP contribution in [0.15, 0.2) is 42.5 Å². The topological polar surface area (TPSA) is 75.7 Å². The molecule has 0 atom stereocenters. The van der Waals surface area contributed by atoms with Gasteiger partial charge in [0.15, 0.2) is 0 Å². The van der Waals surface area contributed by atoms with Gasteiger partial charge in [-0.25, -0.2) is 8.42 Å². The van der Waals surface area contributed by atoms with Crippen molar-refractivity contribution >= 4 is 38.9 Å². The van der Waals surface area contributed by atoms with Gasteiger partial charge in [0.05, 0.1) is 22.5 Å². The summed E-state index contributed by atoms with van der Waals surface area (Å²) in [5.74, 6) is 0.545. The molecular weight excluding hydrogens is 424 g/mol. The summed E-state index contributed by atoms with van der Waals surface area (Å²) in [4.78, 5) is 14.8. The zero-order valence-corrected chi connectivity index (χ0v) is 19.2. The van der Waals surface area contributed by atoms with Gasteiger partial charge in [-0.2, -0.15) is 0 Å². The number of carbonyl (C=O) groups excluding carboxylic acids is 1. The monoisotopic (exact) mass is 450 g/mol. The van der Waals surface area contributed by atoms with E-state index in [0.29, 0.717) is 34.3 Å². The molecule has 0 bridgehead atoms. The fraction of sp³-hybridized carbons (Fsp3) is 0.409. The minimum Gasteiger partial charge on any atom is -0.490 e. The lowest BCUT2D eigenvalue weighted by molar-refractivity contribution is -0.127. The molecular formula is C22H27ClN2O4S. The summed E-state index contributed by atoms with van der Waals surface area (Å²) in [5.41, 5.74) is 0.856. The highest BCUT2D eigenvalue weighted by Gasteiger charge is 2.38. The molecule has 2 aromatic rings. The van der Waals surface area contributed by atoms with E-state index < -0.39 is 15.4 Å². The highest BCUT2D eigenvalue weighted by atomic mass is 35.5. The van der Waals surface area contributed by atoms with Crippen molar-refractivity contribution in [2.75, 3.05) is 22.8 Å². The SMILES string of the molecule is CC(C)CN1C(=O)C(C)(C)COc2ccc(NS(=O)(=O)Cc3cccc(Cl)c3)cc21. The third-order valence-corrected chi connectivity index (χ3v) is 6.22. The average molecular weight is 451 g/mol. The second-order valence-electron chi connectivity index (χ2n) is 8.66. The van der Waals surface area contributed by atoms with Crippen molar-refractivity contribution in [2.24, 2.45) is 11.3 Å². The van der Waals surface area contributed by atoms with Gasteiger partial charge >= 0.3 is 0 Å². The molecule has 0 aliphatic carbocycles. The first-order valence-electron chi connectivity index (χ1n) is 9.80. The summed E-state index contributed by atoms with van der Waals surface area (Å²) >= 11 is 5.96. The van der Waals surface area contributed by atoms with Crippen LogP contribution in [0.2, 0.25) is 5.02 Å². The van der Waals surface area contributed by atoms with Gasteiger partial charge in [-0.3, -0.25) is 9.52 Å². The van der Waals surface area contributed by atoms with Gasteiger partial charge in [0.2, 0.25) is 15.9 Å². The van der Waals surface area contributed by atoms with Crippen molar-refractivity contribution in [3.05, 3.63) is 53.1 Å². The number of hydrogen-bond acceptors (Lipinski definition) is 4. The number of amides is 1. The van der Waals surface area contributed by atoms with Gasteiger partial charge in [-0.05, 0) is 55.7 Å². The van der Waals surface area contributed by atoms with Crippen molar-refractivity contribution in [3.8, 4) is 5.75 Å². The van der Waals surface area contributed by atoms with E-state index in [0.717, 1.165) is 0 Å². The first kappa shape index (κ1) is 22.4. The van der Waals surface area contributed by atoms with Crippen LogP contribution in [0.25, 0.3) is 0 Å². The number of nitrogens with zero attached hydrogens (tertiary/aromatic N) is 1. The molecule has 8 heteroatoms. The molecule has 2 aromatic carbocycles. The van der Waals surface area contributed by atoms with Crippen LogP contribution in [0, 0.1) is 11.3 Å². The molecule has 30 heavy (non-hydrogen) atoms. The molecule has 1 aliphatic rings. The van der Waals surface area contributed by atoms with E-state index in [9.17, 15) is 13.2 Å². The fourth-order valence-electron chi connectivity index (χ4n) is 3.32. The molecule has 1 aliphatic heterocycles. The van der Waals surface area contributed by atoms with Gasteiger partial charge in [0.1, 0.15) is 12.4 Å². The number of ether oxygens (including phenoxy) is 1. The Morgan fingerprint density at radius 3 is 2.60 bits per heavy atom. The Morgan fingerprint density at radius 2 is 1.93 bits per heavy atom. The fourth-order valence-corrected chi connectivity index (χ4v) is 4.71. The number of benzene rings is 2. The number of fused-ring (bicyclic) bond motifs is 1. The zero-order valence-electron chi connectivity index (χ0n) is 17.6. The standard InChI is InChI=1S/C22H27ClN2O4S/c1-15(2)12-25-19-11-18(8-9-20(19)29-14-22(3,4)21(25)26)24-30(27,28)13-16-6-5-7-17(23)10-16/h5-11,15,24H,12-14H2,1-4H3. The van der Waals surface area contributed by atoms with E-state index in [1.54, 1.807) is 47.4 Å². The molecule has 0 unspecified atom stereocenters. The van der Waals surface area contributed by atoms with Crippen molar-refractivity contribution in [3.63, 3.8) is 0 Å². The zero-order chi connectivity index (χ0) is 22.1. The Hall–Kier alpha value is -2.25. The average Bonchev–Trinajstić information content (AvgIpc) is 2.71. The number of sulfonamides is 1. The van der Waals surface area contributed by atoms with Gasteiger partial charge < -0.3 is 9.64 Å². The van der Waals surface area contributed by atoms with Gasteiger partial charge in [0.25, 0.3) is 0 Å². The van der Waals surface area contributed by atoms with Gasteiger partial charge in [0, 0.05) is 11.6 Å². The molecule has 1 heterocycles. The van der Waals surface area contributed by atoms with E-state index in [4.69, 9.17) is 16.3 Å². The number of rotatable bonds is 6. The first-order chi connectivity index (χ1) is 14.0. The molecule has 0 saturated heterocycles. The van der Waals surface area contributed by atoms with Crippen LogP contribution in [0.1, 0.15) is 33.3 Å². The van der Waals surface area contributed by atoms with Crippen LogP contribution in [0.4, 0.5) is 11.4 Å². The highest BCUT2D eigenvalue weighted by Crippen LogP contribution is 2.39. The molecule has 3 rings (SSSR count). The first-order valence-corrected chi connectivity index (χ1v) is 11.8. The summed E-state index contributed by atoms with van der Waals surface area (Å²) in [6, 6.07) is 11.7. The number of carbonyl (C=O) groups is 1. The van der Waals surface area contributed by atoms with Crippen LogP contribution >= 0.6 is 11.6 Å². The lowest BCUT2D eigenvalue weighted by atomic mass is 9.92. The number of anilines is 2. The summed E-state index contributed by atoms with van der Waals surface area (Å²) in [6.07, 6.45) is 0. The summed E-state index contributed by atoms with van der Waals surface area (Å²) in [6.45, 7) is 8.53. The van der Waals surface area contributed by atoms with E-state index in [-0.39, 0.29) is 24.2 Å². The molecule has 0 aromatic heterocycles. The maximum absolute atomic E-state index is 13.1. The van der Waals surface area contributed by atoms with Crippen LogP contribution in [-0.4, -0.2) is 27.5 Å². The van der Waals surface area contributed by atoms with E-state index in [1.165, 1.54) is 0 Å². The molecule has 1 amide bonds. The van der Waals surface area contributed by atoms with E-state index >= 15 is 0 Å². The van der Waals surface area contributed by atoms with Crippen molar-refractivity contribution in [2.45, 2.75) is 33.4 Å². The summed E-state index contributed by atoms with van der Waals surface area (Å²) < 4.78 is 33.8. The van der Waals surface area contributed by atoms with Crippen molar-refractivity contribution in [1.29, 1.82) is 0 Å². The third kappa shape index (κ3) is 5.26. The van der Waals surface area contributed by atoms with E-state index in [1.807, 2.05) is 27.7 Å². The Kier molecular flexibility index (Phi) is 6.34. The van der Waals surface area contributed by atoms with Gasteiger partial charge in [-0.15, -0.1) is 0 Å². The molecule has 0 fully saturated rings. The molecule has 1 N–H and O–H groups in total. The van der Waals surface area contributed by atoms with Crippen molar-refractivity contribution in [1.82, 2.24) is 0 Å². The summed E-state index contributed by atoms with van der Waals surface area (Å²) in [5, 5.41) is 0.482. The second kappa shape index (κ2) is 8.47.